The lowest BCUT2D eigenvalue weighted by molar-refractivity contribution is 0.415. The van der Waals surface area contributed by atoms with Crippen LogP contribution in [-0.2, 0) is 0 Å². The lowest BCUT2D eigenvalue weighted by atomic mass is 9.87. The van der Waals surface area contributed by atoms with Gasteiger partial charge in [0.15, 0.2) is 0 Å². The Morgan fingerprint density at radius 3 is 2.42 bits per heavy atom. The van der Waals surface area contributed by atoms with E-state index < -0.39 is 0 Å². The number of methoxy groups -OCH3 is 1. The molecule has 0 bridgehead atoms. The van der Waals surface area contributed by atoms with Crippen LogP contribution in [0.15, 0.2) is 54.9 Å². The predicted molar refractivity (Wildman–Crippen MR) is 98.8 cm³/mol. The Labute approximate surface area is 147 Å². The van der Waals surface area contributed by atoms with Gasteiger partial charge in [-0.15, -0.1) is 0 Å². The van der Waals surface area contributed by atoms with Crippen molar-refractivity contribution in [3.63, 3.8) is 0 Å². The van der Waals surface area contributed by atoms with Crippen LogP contribution in [0.3, 0.4) is 0 Å². The van der Waals surface area contributed by atoms with E-state index in [9.17, 15) is 0 Å². The van der Waals surface area contributed by atoms with Gasteiger partial charge in [-0.2, -0.15) is 5.10 Å². The molecule has 0 spiro atoms. The number of aromatic nitrogens is 2. The highest BCUT2D eigenvalue weighted by atomic mass is 35.5. The van der Waals surface area contributed by atoms with E-state index in [0.29, 0.717) is 16.7 Å². The number of rotatable bonds is 6. The molecule has 2 aromatic carbocycles. The molecule has 0 fully saturated rings. The second kappa shape index (κ2) is 7.54. The zero-order valence-corrected chi connectivity index (χ0v) is 14.7. The van der Waals surface area contributed by atoms with Gasteiger partial charge in [-0.25, -0.2) is 0 Å². The summed E-state index contributed by atoms with van der Waals surface area (Å²) in [5.74, 6) is 1.04. The molecule has 1 unspecified atom stereocenters. The lowest BCUT2D eigenvalue weighted by Crippen LogP contribution is -2.01. The number of benzene rings is 2. The fraction of sp³-hybridized carbons (Fsp3) is 0.250. The number of hydrogen-bond acceptors (Lipinski definition) is 2. The Morgan fingerprint density at radius 1 is 1.08 bits per heavy atom. The topological polar surface area (TPSA) is 37.9 Å². The van der Waals surface area contributed by atoms with Crippen molar-refractivity contribution in [3.8, 4) is 16.9 Å². The second-order valence-corrected chi connectivity index (χ2v) is 6.25. The number of nitrogens with one attached hydrogen (secondary N) is 1. The SMILES string of the molecule is CCCC(c1ccc(-c2cn[nH]c2)cc1)c1ccc(OC)c(Cl)c1. The molecule has 3 nitrogen and oxygen atoms in total. The first-order valence-electron chi connectivity index (χ1n) is 8.15. The summed E-state index contributed by atoms with van der Waals surface area (Å²) in [6.07, 6.45) is 5.93. The molecule has 24 heavy (non-hydrogen) atoms. The van der Waals surface area contributed by atoms with Crippen molar-refractivity contribution in [2.75, 3.05) is 7.11 Å². The fourth-order valence-electron chi connectivity index (χ4n) is 3.03. The summed E-state index contributed by atoms with van der Waals surface area (Å²) in [5.41, 5.74) is 4.78. The molecule has 3 rings (SSSR count). The van der Waals surface area contributed by atoms with Gasteiger partial charge >= 0.3 is 0 Å². The van der Waals surface area contributed by atoms with Crippen molar-refractivity contribution in [1.29, 1.82) is 0 Å². The summed E-state index contributed by atoms with van der Waals surface area (Å²) in [6, 6.07) is 14.8. The number of H-pyrrole nitrogens is 1. The van der Waals surface area contributed by atoms with E-state index in [1.54, 1.807) is 7.11 Å². The number of nitrogens with zero attached hydrogens (tertiary/aromatic N) is 1. The van der Waals surface area contributed by atoms with Gasteiger partial charge in [-0.3, -0.25) is 5.10 Å². The van der Waals surface area contributed by atoms with E-state index in [4.69, 9.17) is 16.3 Å². The Hall–Kier alpha value is -2.26. The highest BCUT2D eigenvalue weighted by Gasteiger charge is 2.15. The van der Waals surface area contributed by atoms with Gasteiger partial charge < -0.3 is 4.74 Å². The van der Waals surface area contributed by atoms with Crippen molar-refractivity contribution in [1.82, 2.24) is 10.2 Å². The third-order valence-corrected chi connectivity index (χ3v) is 4.60. The number of aromatic amines is 1. The van der Waals surface area contributed by atoms with Crippen LogP contribution in [0, 0.1) is 0 Å². The third-order valence-electron chi connectivity index (χ3n) is 4.30. The molecule has 1 atom stereocenters. The van der Waals surface area contributed by atoms with Crippen molar-refractivity contribution in [2.24, 2.45) is 0 Å². The molecule has 0 radical (unpaired) electrons. The zero-order chi connectivity index (χ0) is 16.9. The van der Waals surface area contributed by atoms with Crippen LogP contribution in [0.2, 0.25) is 5.02 Å². The van der Waals surface area contributed by atoms with Crippen molar-refractivity contribution in [2.45, 2.75) is 25.7 Å². The van der Waals surface area contributed by atoms with Crippen molar-refractivity contribution in [3.05, 3.63) is 71.0 Å². The number of ether oxygens (including phenoxy) is 1. The maximum atomic E-state index is 6.32. The van der Waals surface area contributed by atoms with Crippen LogP contribution >= 0.6 is 11.6 Å². The van der Waals surface area contributed by atoms with E-state index in [2.05, 4.69) is 47.5 Å². The Morgan fingerprint density at radius 2 is 1.83 bits per heavy atom. The quantitative estimate of drug-likeness (QED) is 0.627. The molecule has 3 aromatic rings. The van der Waals surface area contributed by atoms with Gasteiger partial charge in [0.25, 0.3) is 0 Å². The molecule has 1 aromatic heterocycles. The van der Waals surface area contributed by atoms with Crippen LogP contribution in [0.25, 0.3) is 11.1 Å². The fourth-order valence-corrected chi connectivity index (χ4v) is 3.30. The van der Waals surface area contributed by atoms with Crippen molar-refractivity contribution < 1.29 is 4.74 Å². The van der Waals surface area contributed by atoms with Gasteiger partial charge in [0, 0.05) is 17.7 Å². The molecular weight excluding hydrogens is 320 g/mol. The predicted octanol–water partition coefficient (Wildman–Crippen LogP) is 5.67. The standard InChI is InChI=1S/C20H21ClN2O/c1-3-4-18(16-9-10-20(24-2)19(21)11-16)15-7-5-14(6-8-15)17-12-22-23-13-17/h5-13,18H,3-4H2,1-2H3,(H,22,23). The molecule has 124 valence electrons. The largest absolute Gasteiger partial charge is 0.495 e. The van der Waals surface area contributed by atoms with Crippen LogP contribution in [-0.4, -0.2) is 17.3 Å². The van der Waals surface area contributed by atoms with Gasteiger partial charge in [-0.05, 0) is 35.2 Å². The van der Waals surface area contributed by atoms with E-state index in [1.165, 1.54) is 11.1 Å². The Bertz CT molecular complexity index is 782. The molecule has 0 aliphatic carbocycles. The number of hydrogen-bond donors (Lipinski definition) is 1. The zero-order valence-electron chi connectivity index (χ0n) is 13.9. The lowest BCUT2D eigenvalue weighted by Gasteiger charge is -2.19. The van der Waals surface area contributed by atoms with Crippen molar-refractivity contribution >= 4 is 11.6 Å². The van der Waals surface area contributed by atoms with Gasteiger partial charge in [0.1, 0.15) is 5.75 Å². The summed E-state index contributed by atoms with van der Waals surface area (Å²) in [6.45, 7) is 2.21. The van der Waals surface area contributed by atoms with Crippen LogP contribution in [0.4, 0.5) is 0 Å². The van der Waals surface area contributed by atoms with Crippen LogP contribution in [0.1, 0.15) is 36.8 Å². The van der Waals surface area contributed by atoms with Gasteiger partial charge in [0.2, 0.25) is 0 Å². The summed E-state index contributed by atoms with van der Waals surface area (Å²) >= 11 is 6.32. The minimum Gasteiger partial charge on any atom is -0.495 e. The first-order chi connectivity index (χ1) is 11.7. The highest BCUT2D eigenvalue weighted by Crippen LogP contribution is 2.34. The molecule has 0 aliphatic rings. The van der Waals surface area contributed by atoms with Gasteiger partial charge in [-0.1, -0.05) is 55.3 Å². The summed E-state index contributed by atoms with van der Waals surface area (Å²) in [7, 11) is 1.64. The molecule has 0 aliphatic heterocycles. The normalized spacial score (nSPS) is 12.1. The average Bonchev–Trinajstić information content (AvgIpc) is 3.14. The molecule has 4 heteroatoms. The molecular formula is C20H21ClN2O. The molecule has 0 amide bonds. The van der Waals surface area contributed by atoms with Crippen LogP contribution in [0.5, 0.6) is 5.75 Å². The molecule has 0 saturated carbocycles. The number of halogens is 1. The van der Waals surface area contributed by atoms with E-state index in [1.807, 2.05) is 24.5 Å². The summed E-state index contributed by atoms with van der Waals surface area (Å²) < 4.78 is 5.26. The minimum absolute atomic E-state index is 0.330. The second-order valence-electron chi connectivity index (χ2n) is 5.84. The first kappa shape index (κ1) is 16.6. The monoisotopic (exact) mass is 340 g/mol. The van der Waals surface area contributed by atoms with Gasteiger partial charge in [0.05, 0.1) is 18.3 Å². The summed E-state index contributed by atoms with van der Waals surface area (Å²) in [4.78, 5) is 0. The smallest absolute Gasteiger partial charge is 0.137 e. The Kier molecular flexibility index (Phi) is 5.21. The highest BCUT2D eigenvalue weighted by molar-refractivity contribution is 6.32. The minimum atomic E-state index is 0.330. The molecule has 1 N–H and O–H groups in total. The first-order valence-corrected chi connectivity index (χ1v) is 8.53. The maximum absolute atomic E-state index is 6.32. The van der Waals surface area contributed by atoms with E-state index in [0.717, 1.165) is 24.0 Å². The van der Waals surface area contributed by atoms with E-state index >= 15 is 0 Å². The average molecular weight is 341 g/mol. The third kappa shape index (κ3) is 3.46. The molecule has 1 heterocycles. The van der Waals surface area contributed by atoms with Crippen LogP contribution < -0.4 is 4.74 Å². The maximum Gasteiger partial charge on any atom is 0.137 e. The Balaban J connectivity index is 1.92. The van der Waals surface area contributed by atoms with E-state index in [-0.39, 0.29) is 0 Å². The molecule has 0 saturated heterocycles. The summed E-state index contributed by atoms with van der Waals surface area (Å²) in [5, 5.41) is 7.52.